The third-order valence-electron chi connectivity index (χ3n) is 5.22. The van der Waals surface area contributed by atoms with Crippen molar-refractivity contribution in [1.82, 2.24) is 0 Å². The molecule has 0 spiro atoms. The minimum Gasteiger partial charge on any atom is -0.140 e. The molecule has 1 aliphatic heterocycles. The molecule has 2 atom stereocenters. The molecular formula is C21H36S. The topological polar surface area (TPSA) is 0 Å². The average molecular weight is 321 g/mol. The highest BCUT2D eigenvalue weighted by atomic mass is 32.2. The number of allylic oxidation sites excluding steroid dienone is 2. The van der Waals surface area contributed by atoms with Crippen LogP contribution in [0.15, 0.2) is 24.3 Å². The Morgan fingerprint density at radius 3 is 1.82 bits per heavy atom. The van der Waals surface area contributed by atoms with Crippen molar-refractivity contribution in [3.8, 4) is 0 Å². The van der Waals surface area contributed by atoms with Crippen LogP contribution in [0.3, 0.4) is 0 Å². The summed E-state index contributed by atoms with van der Waals surface area (Å²) >= 11 is 2.16. The lowest BCUT2D eigenvalue weighted by Crippen LogP contribution is -2.11. The number of thioether (sulfide) groups is 1. The standard InChI is InChI=1S/C21H36S/c1-2-3-4-5-6-7-8-9-10-11-12-13-15-18-21-19-16-14-17-20(21)22-21/h14,16-17,19-20H,2-13,15,18H2,1H3. The zero-order valence-electron chi connectivity index (χ0n) is 14.7. The third-order valence-corrected chi connectivity index (χ3v) is 6.83. The van der Waals surface area contributed by atoms with E-state index in [1.165, 1.54) is 89.9 Å². The van der Waals surface area contributed by atoms with Crippen LogP contribution in [0.4, 0.5) is 0 Å². The lowest BCUT2D eigenvalue weighted by atomic mass is 9.94. The summed E-state index contributed by atoms with van der Waals surface area (Å²) in [6, 6.07) is 0. The van der Waals surface area contributed by atoms with E-state index in [-0.39, 0.29) is 0 Å². The summed E-state index contributed by atoms with van der Waals surface area (Å²) in [5.41, 5.74) is 0. The summed E-state index contributed by atoms with van der Waals surface area (Å²) < 4.78 is 0.534. The van der Waals surface area contributed by atoms with Crippen molar-refractivity contribution < 1.29 is 0 Å². The second-order valence-corrected chi connectivity index (χ2v) is 8.73. The molecule has 126 valence electrons. The quantitative estimate of drug-likeness (QED) is 0.236. The van der Waals surface area contributed by atoms with E-state index in [1.54, 1.807) is 0 Å². The maximum atomic E-state index is 2.45. The van der Waals surface area contributed by atoms with Crippen LogP contribution in [-0.2, 0) is 0 Å². The lowest BCUT2D eigenvalue weighted by Gasteiger charge is -2.11. The van der Waals surface area contributed by atoms with Crippen molar-refractivity contribution in [3.05, 3.63) is 24.3 Å². The second-order valence-electron chi connectivity index (χ2n) is 7.23. The van der Waals surface area contributed by atoms with E-state index in [0.29, 0.717) is 4.75 Å². The molecule has 1 fully saturated rings. The van der Waals surface area contributed by atoms with Crippen molar-refractivity contribution in [3.63, 3.8) is 0 Å². The predicted octanol–water partition coefficient (Wildman–Crippen LogP) is 7.45. The molecule has 0 aromatic rings. The van der Waals surface area contributed by atoms with Gasteiger partial charge in [0.2, 0.25) is 0 Å². The number of hydrogen-bond donors (Lipinski definition) is 0. The molecule has 1 heteroatoms. The first-order valence-corrected chi connectivity index (χ1v) is 10.8. The molecule has 1 saturated heterocycles. The van der Waals surface area contributed by atoms with E-state index < -0.39 is 0 Å². The Bertz CT molecular complexity index is 344. The van der Waals surface area contributed by atoms with Crippen LogP contribution in [0.2, 0.25) is 0 Å². The molecule has 1 heterocycles. The minimum atomic E-state index is 0.534. The molecule has 0 N–H and O–H groups in total. The van der Waals surface area contributed by atoms with Gasteiger partial charge in [-0.05, 0) is 6.42 Å². The van der Waals surface area contributed by atoms with E-state index in [1.807, 2.05) is 0 Å². The van der Waals surface area contributed by atoms with E-state index in [4.69, 9.17) is 0 Å². The van der Waals surface area contributed by atoms with Gasteiger partial charge in [0.1, 0.15) is 0 Å². The first-order chi connectivity index (χ1) is 10.9. The number of fused-ring (bicyclic) bond motifs is 1. The molecular weight excluding hydrogens is 284 g/mol. The van der Waals surface area contributed by atoms with Gasteiger partial charge in [0.05, 0.1) is 4.75 Å². The van der Waals surface area contributed by atoms with Crippen LogP contribution in [-0.4, -0.2) is 10.00 Å². The van der Waals surface area contributed by atoms with Gasteiger partial charge in [0.15, 0.2) is 0 Å². The number of rotatable bonds is 14. The average Bonchev–Trinajstić information content (AvgIpc) is 3.26. The first kappa shape index (κ1) is 18.2. The summed E-state index contributed by atoms with van der Waals surface area (Å²) in [5.74, 6) is 0. The van der Waals surface area contributed by atoms with Crippen LogP contribution in [0, 0.1) is 0 Å². The predicted molar refractivity (Wildman–Crippen MR) is 103 cm³/mol. The molecule has 0 aromatic heterocycles. The van der Waals surface area contributed by atoms with Crippen LogP contribution in [0.1, 0.15) is 96.8 Å². The summed E-state index contributed by atoms with van der Waals surface area (Å²) in [6.07, 6.45) is 29.6. The molecule has 0 amide bonds. The number of hydrogen-bond acceptors (Lipinski definition) is 1. The van der Waals surface area contributed by atoms with Gasteiger partial charge in [0, 0.05) is 5.25 Å². The van der Waals surface area contributed by atoms with Crippen molar-refractivity contribution in [2.75, 3.05) is 0 Å². The van der Waals surface area contributed by atoms with Crippen LogP contribution in [0.25, 0.3) is 0 Å². The summed E-state index contributed by atoms with van der Waals surface area (Å²) in [4.78, 5) is 0. The van der Waals surface area contributed by atoms with Gasteiger partial charge in [-0.3, -0.25) is 0 Å². The molecule has 2 aliphatic rings. The monoisotopic (exact) mass is 320 g/mol. The normalized spacial score (nSPS) is 25.4. The molecule has 0 nitrogen and oxygen atoms in total. The summed E-state index contributed by atoms with van der Waals surface area (Å²) in [6.45, 7) is 2.30. The SMILES string of the molecule is CCCCCCCCCCCCCCCC12C=CC=CC1S2. The van der Waals surface area contributed by atoms with Gasteiger partial charge >= 0.3 is 0 Å². The molecule has 1 aliphatic carbocycles. The fraction of sp³-hybridized carbons (Fsp3) is 0.810. The largest absolute Gasteiger partial charge is 0.140 e. The Balaban J connectivity index is 1.30. The highest BCUT2D eigenvalue weighted by molar-refractivity contribution is 8.09. The summed E-state index contributed by atoms with van der Waals surface area (Å²) in [5, 5.41) is 0.815. The van der Waals surface area contributed by atoms with Gasteiger partial charge in [-0.1, -0.05) is 115 Å². The zero-order valence-corrected chi connectivity index (χ0v) is 15.5. The summed E-state index contributed by atoms with van der Waals surface area (Å²) in [7, 11) is 0. The molecule has 0 bridgehead atoms. The maximum Gasteiger partial charge on any atom is 0.0502 e. The second kappa shape index (κ2) is 10.6. The van der Waals surface area contributed by atoms with E-state index >= 15 is 0 Å². The smallest absolute Gasteiger partial charge is 0.0502 e. The van der Waals surface area contributed by atoms with Gasteiger partial charge in [-0.15, -0.1) is 11.8 Å². The number of unbranched alkanes of at least 4 members (excludes halogenated alkanes) is 12. The Hall–Kier alpha value is -0.170. The highest BCUT2D eigenvalue weighted by Gasteiger charge is 2.51. The minimum absolute atomic E-state index is 0.534. The van der Waals surface area contributed by atoms with Crippen molar-refractivity contribution in [1.29, 1.82) is 0 Å². The molecule has 0 aromatic carbocycles. The molecule has 2 rings (SSSR count). The highest BCUT2D eigenvalue weighted by Crippen LogP contribution is 2.59. The molecule has 2 unspecified atom stereocenters. The van der Waals surface area contributed by atoms with Crippen molar-refractivity contribution in [2.24, 2.45) is 0 Å². The van der Waals surface area contributed by atoms with Crippen molar-refractivity contribution >= 4 is 11.8 Å². The zero-order chi connectivity index (χ0) is 15.5. The fourth-order valence-corrected chi connectivity index (χ4v) is 4.89. The Morgan fingerprint density at radius 2 is 1.27 bits per heavy atom. The van der Waals surface area contributed by atoms with Crippen LogP contribution >= 0.6 is 11.8 Å². The Kier molecular flexibility index (Phi) is 8.74. The maximum absolute atomic E-state index is 2.45. The molecule has 0 saturated carbocycles. The third kappa shape index (κ3) is 6.52. The lowest BCUT2D eigenvalue weighted by molar-refractivity contribution is 0.530. The first-order valence-electron chi connectivity index (χ1n) is 9.91. The van der Waals surface area contributed by atoms with Crippen molar-refractivity contribution in [2.45, 2.75) is 107 Å². The Labute approximate surface area is 143 Å². The van der Waals surface area contributed by atoms with Gasteiger partial charge in [-0.2, -0.15) is 0 Å². The van der Waals surface area contributed by atoms with Gasteiger partial charge in [-0.25, -0.2) is 0 Å². The van der Waals surface area contributed by atoms with E-state index in [0.717, 1.165) is 5.25 Å². The molecule has 0 radical (unpaired) electrons. The van der Waals surface area contributed by atoms with Gasteiger partial charge in [0.25, 0.3) is 0 Å². The van der Waals surface area contributed by atoms with E-state index in [2.05, 4.69) is 43.0 Å². The molecule has 22 heavy (non-hydrogen) atoms. The Morgan fingerprint density at radius 1 is 0.727 bits per heavy atom. The fourth-order valence-electron chi connectivity index (χ4n) is 3.63. The van der Waals surface area contributed by atoms with Crippen LogP contribution in [0.5, 0.6) is 0 Å². The van der Waals surface area contributed by atoms with E-state index in [9.17, 15) is 0 Å². The van der Waals surface area contributed by atoms with Crippen LogP contribution < -0.4 is 0 Å². The van der Waals surface area contributed by atoms with Gasteiger partial charge < -0.3 is 0 Å².